The maximum Gasteiger partial charge on any atom is 0.416 e. The summed E-state index contributed by atoms with van der Waals surface area (Å²) in [5.41, 5.74) is 8.38. The zero-order valence-electron chi connectivity index (χ0n) is 11.2. The Labute approximate surface area is 115 Å². The van der Waals surface area contributed by atoms with E-state index in [9.17, 15) is 13.2 Å². The first-order valence-corrected chi connectivity index (χ1v) is 6.08. The van der Waals surface area contributed by atoms with Crippen molar-refractivity contribution in [3.63, 3.8) is 0 Å². The Hall–Kier alpha value is -2.17. The lowest BCUT2D eigenvalue weighted by Crippen LogP contribution is -2.06. The molecule has 20 heavy (non-hydrogen) atoms. The summed E-state index contributed by atoms with van der Waals surface area (Å²) < 4.78 is 38.2. The number of alkyl halides is 3. The van der Waals surface area contributed by atoms with Crippen LogP contribution in [0.3, 0.4) is 0 Å². The predicted molar refractivity (Wildman–Crippen MR) is 75.1 cm³/mol. The van der Waals surface area contributed by atoms with Crippen molar-refractivity contribution in [2.24, 2.45) is 0 Å². The number of benzene rings is 2. The zero-order valence-corrected chi connectivity index (χ0v) is 11.2. The fourth-order valence-corrected chi connectivity index (χ4v) is 1.87. The molecule has 0 radical (unpaired) electrons. The molecule has 0 bridgehead atoms. The fraction of sp³-hybridized carbons (Fsp3) is 0.200. The highest BCUT2D eigenvalue weighted by Crippen LogP contribution is 2.33. The number of rotatable bonds is 2. The normalized spacial score (nSPS) is 11.4. The average molecular weight is 280 g/mol. The Bertz CT molecular complexity index is 634. The van der Waals surface area contributed by atoms with Gasteiger partial charge in [-0.1, -0.05) is 12.1 Å². The van der Waals surface area contributed by atoms with Gasteiger partial charge in [0, 0.05) is 5.69 Å². The van der Waals surface area contributed by atoms with Crippen LogP contribution in [0.2, 0.25) is 0 Å². The molecule has 5 heteroatoms. The van der Waals surface area contributed by atoms with Crippen molar-refractivity contribution in [3.05, 3.63) is 53.1 Å². The molecule has 0 saturated heterocycles. The minimum absolute atomic E-state index is 0.398. The van der Waals surface area contributed by atoms with Crippen molar-refractivity contribution < 1.29 is 13.2 Å². The summed E-state index contributed by atoms with van der Waals surface area (Å²) >= 11 is 0. The predicted octanol–water partition coefficient (Wildman–Crippen LogP) is 4.65. The topological polar surface area (TPSA) is 38.0 Å². The van der Waals surface area contributed by atoms with Crippen LogP contribution in [0.25, 0.3) is 0 Å². The number of hydrogen-bond donors (Lipinski definition) is 2. The molecule has 0 amide bonds. The highest BCUT2D eigenvalue weighted by molar-refractivity contribution is 5.74. The van der Waals surface area contributed by atoms with Crippen LogP contribution in [0.4, 0.5) is 30.2 Å². The van der Waals surface area contributed by atoms with Gasteiger partial charge in [0.2, 0.25) is 0 Å². The number of nitrogen functional groups attached to an aromatic ring is 1. The first-order chi connectivity index (χ1) is 9.27. The molecule has 2 nitrogen and oxygen atoms in total. The van der Waals surface area contributed by atoms with Gasteiger partial charge in [-0.25, -0.2) is 0 Å². The van der Waals surface area contributed by atoms with Crippen molar-refractivity contribution in [1.29, 1.82) is 0 Å². The van der Waals surface area contributed by atoms with Crippen LogP contribution in [-0.2, 0) is 6.18 Å². The van der Waals surface area contributed by atoms with Crippen molar-refractivity contribution in [2.75, 3.05) is 11.1 Å². The molecule has 0 aliphatic heterocycles. The first kappa shape index (κ1) is 14.2. The number of halogens is 3. The third-order valence-corrected chi connectivity index (χ3v) is 3.04. The van der Waals surface area contributed by atoms with E-state index in [2.05, 4.69) is 5.32 Å². The van der Waals surface area contributed by atoms with Gasteiger partial charge < -0.3 is 11.1 Å². The lowest BCUT2D eigenvalue weighted by Gasteiger charge is -2.15. The largest absolute Gasteiger partial charge is 0.416 e. The Morgan fingerprint density at radius 3 is 2.25 bits per heavy atom. The van der Waals surface area contributed by atoms with Gasteiger partial charge in [-0.15, -0.1) is 0 Å². The van der Waals surface area contributed by atoms with Gasteiger partial charge in [-0.05, 0) is 49.2 Å². The molecular weight excluding hydrogens is 265 g/mol. The molecule has 2 aromatic carbocycles. The average Bonchev–Trinajstić information content (AvgIpc) is 2.33. The van der Waals surface area contributed by atoms with Crippen LogP contribution in [0.1, 0.15) is 16.7 Å². The fourth-order valence-electron chi connectivity index (χ4n) is 1.87. The van der Waals surface area contributed by atoms with Crippen LogP contribution in [-0.4, -0.2) is 0 Å². The molecule has 0 heterocycles. The number of aryl methyl sites for hydroxylation is 2. The van der Waals surface area contributed by atoms with E-state index < -0.39 is 11.7 Å². The van der Waals surface area contributed by atoms with Crippen molar-refractivity contribution in [1.82, 2.24) is 0 Å². The maximum atomic E-state index is 12.7. The maximum absolute atomic E-state index is 12.7. The van der Waals surface area contributed by atoms with Crippen LogP contribution in [0, 0.1) is 13.8 Å². The summed E-state index contributed by atoms with van der Waals surface area (Å²) in [4.78, 5) is 0. The molecule has 0 unspecified atom stereocenters. The lowest BCUT2D eigenvalue weighted by atomic mass is 10.1. The molecule has 0 fully saturated rings. The van der Waals surface area contributed by atoms with Gasteiger partial charge in [0.25, 0.3) is 0 Å². The second-order valence-electron chi connectivity index (χ2n) is 4.74. The third kappa shape index (κ3) is 3.04. The molecule has 0 aromatic heterocycles. The zero-order chi connectivity index (χ0) is 14.9. The quantitative estimate of drug-likeness (QED) is 0.786. The number of anilines is 3. The van der Waals surface area contributed by atoms with E-state index in [4.69, 9.17) is 5.73 Å². The van der Waals surface area contributed by atoms with Crippen molar-refractivity contribution >= 4 is 17.1 Å². The van der Waals surface area contributed by atoms with Gasteiger partial charge in [-0.3, -0.25) is 0 Å². The van der Waals surface area contributed by atoms with Gasteiger partial charge in [0.15, 0.2) is 0 Å². The minimum atomic E-state index is -4.36. The summed E-state index contributed by atoms with van der Waals surface area (Å²) in [6.07, 6.45) is -4.36. The Kier molecular flexibility index (Phi) is 3.61. The van der Waals surface area contributed by atoms with Crippen molar-refractivity contribution in [2.45, 2.75) is 20.0 Å². The standard InChI is InChI=1S/C15H15F3N2/c1-9-3-6-13(12(19)7-9)20-14-8-11(15(16,17)18)5-4-10(14)2/h3-8,20H,19H2,1-2H3. The molecule has 0 spiro atoms. The van der Waals surface area contributed by atoms with Crippen LogP contribution in [0.5, 0.6) is 0 Å². The summed E-state index contributed by atoms with van der Waals surface area (Å²) in [5, 5.41) is 2.96. The summed E-state index contributed by atoms with van der Waals surface area (Å²) in [5.74, 6) is 0. The summed E-state index contributed by atoms with van der Waals surface area (Å²) in [6.45, 7) is 3.64. The van der Waals surface area contributed by atoms with E-state index in [0.29, 0.717) is 17.1 Å². The van der Waals surface area contributed by atoms with Gasteiger partial charge >= 0.3 is 6.18 Å². The van der Waals surface area contributed by atoms with Gasteiger partial charge in [0.05, 0.1) is 16.9 Å². The Balaban J connectivity index is 2.38. The van der Waals surface area contributed by atoms with E-state index in [1.807, 2.05) is 13.0 Å². The molecular formula is C15H15F3N2. The number of nitrogens with one attached hydrogen (secondary N) is 1. The van der Waals surface area contributed by atoms with Crippen LogP contribution in [0.15, 0.2) is 36.4 Å². The van der Waals surface area contributed by atoms with Gasteiger partial charge in [-0.2, -0.15) is 13.2 Å². The molecule has 0 aliphatic rings. The molecule has 0 atom stereocenters. The summed E-state index contributed by atoms with van der Waals surface area (Å²) in [7, 11) is 0. The van der Waals surface area contributed by atoms with Crippen LogP contribution >= 0.6 is 0 Å². The van der Waals surface area contributed by atoms with Crippen LogP contribution < -0.4 is 11.1 Å². The minimum Gasteiger partial charge on any atom is -0.397 e. The molecule has 106 valence electrons. The molecule has 3 N–H and O–H groups in total. The number of hydrogen-bond acceptors (Lipinski definition) is 2. The lowest BCUT2D eigenvalue weighted by molar-refractivity contribution is -0.137. The SMILES string of the molecule is Cc1ccc(Nc2cc(C(F)(F)F)ccc2C)c(N)c1. The molecule has 2 rings (SSSR count). The van der Waals surface area contributed by atoms with E-state index in [1.54, 1.807) is 19.1 Å². The smallest absolute Gasteiger partial charge is 0.397 e. The Morgan fingerprint density at radius 1 is 0.950 bits per heavy atom. The van der Waals surface area contributed by atoms with Gasteiger partial charge in [0.1, 0.15) is 0 Å². The van der Waals surface area contributed by atoms with E-state index >= 15 is 0 Å². The van der Waals surface area contributed by atoms with E-state index in [1.165, 1.54) is 6.07 Å². The Morgan fingerprint density at radius 2 is 1.65 bits per heavy atom. The molecule has 2 aromatic rings. The highest BCUT2D eigenvalue weighted by atomic mass is 19.4. The molecule has 0 saturated carbocycles. The second kappa shape index (κ2) is 5.07. The highest BCUT2D eigenvalue weighted by Gasteiger charge is 2.30. The third-order valence-electron chi connectivity index (χ3n) is 3.04. The van der Waals surface area contributed by atoms with E-state index in [-0.39, 0.29) is 0 Å². The monoisotopic (exact) mass is 280 g/mol. The van der Waals surface area contributed by atoms with E-state index in [0.717, 1.165) is 23.3 Å². The van der Waals surface area contributed by atoms with Crippen molar-refractivity contribution in [3.8, 4) is 0 Å². The summed E-state index contributed by atoms with van der Waals surface area (Å²) in [6, 6.07) is 8.97. The second-order valence-corrected chi connectivity index (χ2v) is 4.74. The number of nitrogens with two attached hydrogens (primary N) is 1. The first-order valence-electron chi connectivity index (χ1n) is 6.08. The molecule has 0 aliphatic carbocycles.